The highest BCUT2D eigenvalue weighted by atomic mass is 16.5. The number of aryl methyl sites for hydroxylation is 1. The highest BCUT2D eigenvalue weighted by Gasteiger charge is 2.14. The zero-order valence-corrected chi connectivity index (χ0v) is 15.2. The minimum absolute atomic E-state index is 0.0361. The van der Waals surface area contributed by atoms with Gasteiger partial charge in [0, 0.05) is 43.3 Å². The minimum Gasteiger partial charge on any atom is -0.495 e. The van der Waals surface area contributed by atoms with Crippen LogP contribution in [-0.4, -0.2) is 39.5 Å². The number of aromatic nitrogens is 3. The molecule has 6 nitrogen and oxygen atoms in total. The molecule has 0 fully saturated rings. The normalized spacial score (nSPS) is 10.6. The summed E-state index contributed by atoms with van der Waals surface area (Å²) in [5.74, 6) is 1.54. The van der Waals surface area contributed by atoms with E-state index in [1.807, 2.05) is 41.1 Å². The fourth-order valence-corrected chi connectivity index (χ4v) is 2.78. The van der Waals surface area contributed by atoms with Crippen LogP contribution in [0.15, 0.2) is 55.1 Å². The van der Waals surface area contributed by atoms with Crippen LogP contribution in [0, 0.1) is 0 Å². The second-order valence-corrected chi connectivity index (χ2v) is 5.98. The summed E-state index contributed by atoms with van der Waals surface area (Å²) in [6.07, 6.45) is 7.12. The van der Waals surface area contributed by atoms with E-state index in [0.29, 0.717) is 17.9 Å². The van der Waals surface area contributed by atoms with Crippen LogP contribution in [-0.2, 0) is 13.1 Å². The molecular formula is C20H22N4O2. The summed E-state index contributed by atoms with van der Waals surface area (Å²) in [4.78, 5) is 22.8. The molecule has 0 saturated carbocycles. The number of carbonyl (C=O) groups excluding carboxylic acids is 1. The molecule has 0 saturated heterocycles. The van der Waals surface area contributed by atoms with E-state index in [4.69, 9.17) is 4.74 Å². The Morgan fingerprint density at radius 2 is 1.96 bits per heavy atom. The van der Waals surface area contributed by atoms with Crippen LogP contribution in [0.25, 0.3) is 11.1 Å². The first-order valence-electron chi connectivity index (χ1n) is 8.47. The Kier molecular flexibility index (Phi) is 5.31. The molecular weight excluding hydrogens is 328 g/mol. The Morgan fingerprint density at radius 3 is 2.65 bits per heavy atom. The Labute approximate surface area is 153 Å². The molecule has 2 heterocycles. The first-order valence-corrected chi connectivity index (χ1v) is 8.47. The van der Waals surface area contributed by atoms with Crippen molar-refractivity contribution in [1.29, 1.82) is 0 Å². The van der Waals surface area contributed by atoms with Gasteiger partial charge in [0.05, 0.1) is 19.9 Å². The van der Waals surface area contributed by atoms with E-state index >= 15 is 0 Å². The Morgan fingerprint density at radius 1 is 1.19 bits per heavy atom. The van der Waals surface area contributed by atoms with Crippen molar-refractivity contribution in [1.82, 2.24) is 19.4 Å². The first-order chi connectivity index (χ1) is 12.6. The number of hydrogen-bond donors (Lipinski definition) is 0. The highest BCUT2D eigenvalue weighted by molar-refractivity contribution is 5.94. The third-order valence-electron chi connectivity index (χ3n) is 4.28. The average Bonchev–Trinajstić information content (AvgIpc) is 3.14. The lowest BCUT2D eigenvalue weighted by molar-refractivity contribution is 0.0780. The summed E-state index contributed by atoms with van der Waals surface area (Å²) in [6.45, 7) is 3.36. The topological polar surface area (TPSA) is 60.2 Å². The Bertz CT molecular complexity index is 887. The zero-order valence-electron chi connectivity index (χ0n) is 15.2. The SMILES string of the molecule is CCn1ccnc1CN(C)C(=O)c1ccc(-c2cncc(OC)c2)cc1. The molecule has 0 unspecified atom stereocenters. The summed E-state index contributed by atoms with van der Waals surface area (Å²) >= 11 is 0. The molecule has 2 aromatic heterocycles. The summed E-state index contributed by atoms with van der Waals surface area (Å²) < 4.78 is 7.24. The number of methoxy groups -OCH3 is 1. The van der Waals surface area contributed by atoms with Crippen molar-refractivity contribution in [2.24, 2.45) is 0 Å². The summed E-state index contributed by atoms with van der Waals surface area (Å²) in [6, 6.07) is 9.43. The van der Waals surface area contributed by atoms with Crippen LogP contribution < -0.4 is 4.74 Å². The predicted octanol–water partition coefficient (Wildman–Crippen LogP) is 3.25. The van der Waals surface area contributed by atoms with Gasteiger partial charge in [-0.15, -0.1) is 0 Å². The fourth-order valence-electron chi connectivity index (χ4n) is 2.78. The van der Waals surface area contributed by atoms with Crippen molar-refractivity contribution in [2.75, 3.05) is 14.2 Å². The maximum absolute atomic E-state index is 12.7. The molecule has 3 aromatic rings. The monoisotopic (exact) mass is 350 g/mol. The molecule has 6 heteroatoms. The van der Waals surface area contributed by atoms with Gasteiger partial charge in [0.2, 0.25) is 0 Å². The smallest absolute Gasteiger partial charge is 0.254 e. The second kappa shape index (κ2) is 7.82. The summed E-state index contributed by atoms with van der Waals surface area (Å²) in [5, 5.41) is 0. The van der Waals surface area contributed by atoms with Gasteiger partial charge in [0.15, 0.2) is 0 Å². The number of pyridine rings is 1. The zero-order chi connectivity index (χ0) is 18.5. The van der Waals surface area contributed by atoms with Gasteiger partial charge < -0.3 is 14.2 Å². The van der Waals surface area contributed by atoms with Gasteiger partial charge in [-0.2, -0.15) is 0 Å². The van der Waals surface area contributed by atoms with Crippen LogP contribution in [0.1, 0.15) is 23.1 Å². The fraction of sp³-hybridized carbons (Fsp3) is 0.250. The summed E-state index contributed by atoms with van der Waals surface area (Å²) in [5.41, 5.74) is 2.57. The van der Waals surface area contributed by atoms with Crippen molar-refractivity contribution < 1.29 is 9.53 Å². The van der Waals surface area contributed by atoms with Gasteiger partial charge in [-0.3, -0.25) is 9.78 Å². The van der Waals surface area contributed by atoms with Gasteiger partial charge in [-0.1, -0.05) is 12.1 Å². The summed E-state index contributed by atoms with van der Waals surface area (Å²) in [7, 11) is 3.40. The molecule has 0 aliphatic carbocycles. The lowest BCUT2D eigenvalue weighted by Crippen LogP contribution is -2.27. The van der Waals surface area contributed by atoms with Gasteiger partial charge in [-0.05, 0) is 30.7 Å². The number of amides is 1. The molecule has 134 valence electrons. The second-order valence-electron chi connectivity index (χ2n) is 5.98. The van der Waals surface area contributed by atoms with Crippen LogP contribution in [0.3, 0.4) is 0 Å². The van der Waals surface area contributed by atoms with E-state index in [9.17, 15) is 4.79 Å². The van der Waals surface area contributed by atoms with Crippen molar-refractivity contribution in [3.8, 4) is 16.9 Å². The largest absolute Gasteiger partial charge is 0.495 e. The molecule has 1 amide bonds. The number of ether oxygens (including phenoxy) is 1. The number of rotatable bonds is 6. The van der Waals surface area contributed by atoms with E-state index in [1.165, 1.54) is 0 Å². The van der Waals surface area contributed by atoms with Crippen molar-refractivity contribution in [3.63, 3.8) is 0 Å². The number of imidazole rings is 1. The predicted molar refractivity (Wildman–Crippen MR) is 99.9 cm³/mol. The van der Waals surface area contributed by atoms with E-state index in [2.05, 4.69) is 16.9 Å². The van der Waals surface area contributed by atoms with Crippen molar-refractivity contribution >= 4 is 5.91 Å². The standard InChI is InChI=1S/C20H22N4O2/c1-4-24-10-9-22-19(24)14-23(2)20(25)16-7-5-15(6-8-16)17-11-18(26-3)13-21-12-17/h5-13H,4,14H2,1-3H3. The van der Waals surface area contributed by atoms with Crippen LogP contribution in [0.5, 0.6) is 5.75 Å². The van der Waals surface area contributed by atoms with Gasteiger partial charge in [0.25, 0.3) is 5.91 Å². The highest BCUT2D eigenvalue weighted by Crippen LogP contribution is 2.23. The maximum atomic E-state index is 12.7. The van der Waals surface area contributed by atoms with E-state index < -0.39 is 0 Å². The van der Waals surface area contributed by atoms with E-state index in [1.54, 1.807) is 37.6 Å². The maximum Gasteiger partial charge on any atom is 0.254 e. The third-order valence-corrected chi connectivity index (χ3v) is 4.28. The molecule has 0 spiro atoms. The van der Waals surface area contributed by atoms with Crippen LogP contribution in [0.4, 0.5) is 0 Å². The average molecular weight is 350 g/mol. The van der Waals surface area contributed by atoms with Crippen molar-refractivity contribution in [3.05, 3.63) is 66.5 Å². The minimum atomic E-state index is -0.0361. The van der Waals surface area contributed by atoms with E-state index in [0.717, 1.165) is 23.5 Å². The molecule has 3 rings (SSSR count). The van der Waals surface area contributed by atoms with Gasteiger partial charge in [-0.25, -0.2) is 4.98 Å². The first kappa shape index (κ1) is 17.7. The molecule has 0 N–H and O–H groups in total. The Balaban J connectivity index is 1.74. The van der Waals surface area contributed by atoms with Gasteiger partial charge in [0.1, 0.15) is 11.6 Å². The number of nitrogens with zero attached hydrogens (tertiary/aromatic N) is 4. The lowest BCUT2D eigenvalue weighted by atomic mass is 10.0. The van der Waals surface area contributed by atoms with E-state index in [-0.39, 0.29) is 5.91 Å². The quantitative estimate of drug-likeness (QED) is 0.685. The number of benzene rings is 1. The number of carbonyl (C=O) groups is 1. The molecule has 0 atom stereocenters. The molecule has 26 heavy (non-hydrogen) atoms. The Hall–Kier alpha value is -3.15. The molecule has 0 aliphatic heterocycles. The van der Waals surface area contributed by atoms with Crippen LogP contribution in [0.2, 0.25) is 0 Å². The molecule has 0 bridgehead atoms. The molecule has 0 radical (unpaired) electrons. The lowest BCUT2D eigenvalue weighted by Gasteiger charge is -2.17. The van der Waals surface area contributed by atoms with Gasteiger partial charge >= 0.3 is 0 Å². The number of hydrogen-bond acceptors (Lipinski definition) is 4. The molecule has 0 aliphatic rings. The third kappa shape index (κ3) is 3.74. The molecule has 1 aromatic carbocycles. The van der Waals surface area contributed by atoms with Crippen LogP contribution >= 0.6 is 0 Å². The van der Waals surface area contributed by atoms with Crippen molar-refractivity contribution in [2.45, 2.75) is 20.0 Å².